The van der Waals surface area contributed by atoms with E-state index in [1.807, 2.05) is 18.2 Å². The molecule has 2 aromatic rings. The van der Waals surface area contributed by atoms with Gasteiger partial charge >= 0.3 is 0 Å². The number of nitrogens with zero attached hydrogens (tertiary/aromatic N) is 2. The third kappa shape index (κ3) is 3.10. The van der Waals surface area contributed by atoms with Crippen molar-refractivity contribution in [3.05, 3.63) is 39.9 Å². The average molecular weight is 276 g/mol. The SMILES string of the molecule is FC(F)c1nnc(NCc2ccccc2Cl)s1. The molecule has 17 heavy (non-hydrogen) atoms. The van der Waals surface area contributed by atoms with Gasteiger partial charge in [-0.3, -0.25) is 0 Å². The van der Waals surface area contributed by atoms with Gasteiger partial charge in [-0.2, -0.15) is 0 Å². The Morgan fingerprint density at radius 2 is 2.06 bits per heavy atom. The van der Waals surface area contributed by atoms with Gasteiger partial charge in [0, 0.05) is 11.6 Å². The Morgan fingerprint density at radius 1 is 1.29 bits per heavy atom. The fourth-order valence-corrected chi connectivity index (χ4v) is 2.00. The van der Waals surface area contributed by atoms with Gasteiger partial charge < -0.3 is 5.32 Å². The van der Waals surface area contributed by atoms with Gasteiger partial charge in [0.15, 0.2) is 5.01 Å². The summed E-state index contributed by atoms with van der Waals surface area (Å²) in [5.41, 5.74) is 0.878. The van der Waals surface area contributed by atoms with E-state index < -0.39 is 6.43 Å². The van der Waals surface area contributed by atoms with Crippen LogP contribution >= 0.6 is 22.9 Å². The van der Waals surface area contributed by atoms with Crippen molar-refractivity contribution in [2.24, 2.45) is 0 Å². The fraction of sp³-hybridized carbons (Fsp3) is 0.200. The summed E-state index contributed by atoms with van der Waals surface area (Å²) in [6.07, 6.45) is -2.58. The van der Waals surface area contributed by atoms with Crippen molar-refractivity contribution < 1.29 is 8.78 Å². The molecule has 1 aromatic heterocycles. The van der Waals surface area contributed by atoms with Crippen LogP contribution in [0.4, 0.5) is 13.9 Å². The Morgan fingerprint density at radius 3 is 2.71 bits per heavy atom. The zero-order chi connectivity index (χ0) is 12.3. The number of nitrogens with one attached hydrogen (secondary N) is 1. The molecule has 0 radical (unpaired) electrons. The topological polar surface area (TPSA) is 37.8 Å². The van der Waals surface area contributed by atoms with Crippen molar-refractivity contribution in [1.82, 2.24) is 10.2 Å². The third-order valence-electron chi connectivity index (χ3n) is 2.02. The van der Waals surface area contributed by atoms with E-state index in [1.54, 1.807) is 6.07 Å². The third-order valence-corrected chi connectivity index (χ3v) is 3.27. The number of anilines is 1. The molecule has 0 aliphatic rings. The first-order chi connectivity index (χ1) is 8.16. The number of rotatable bonds is 4. The molecule has 1 aromatic carbocycles. The number of benzene rings is 1. The van der Waals surface area contributed by atoms with Gasteiger partial charge in [0.2, 0.25) is 5.13 Å². The van der Waals surface area contributed by atoms with Crippen LogP contribution in [0.15, 0.2) is 24.3 Å². The quantitative estimate of drug-likeness (QED) is 0.924. The summed E-state index contributed by atoms with van der Waals surface area (Å²) in [4.78, 5) is 0. The molecule has 0 amide bonds. The number of halogens is 3. The van der Waals surface area contributed by atoms with Gasteiger partial charge in [0.25, 0.3) is 6.43 Å². The van der Waals surface area contributed by atoms with Crippen LogP contribution in [0.2, 0.25) is 5.02 Å². The zero-order valence-electron chi connectivity index (χ0n) is 8.53. The van der Waals surface area contributed by atoms with Crippen molar-refractivity contribution in [1.29, 1.82) is 0 Å². The number of hydrogen-bond donors (Lipinski definition) is 1. The summed E-state index contributed by atoms with van der Waals surface area (Å²) in [6.45, 7) is 0.428. The summed E-state index contributed by atoms with van der Waals surface area (Å²) in [6, 6.07) is 7.30. The van der Waals surface area contributed by atoms with Crippen LogP contribution in [0.3, 0.4) is 0 Å². The highest BCUT2D eigenvalue weighted by Crippen LogP contribution is 2.25. The Kier molecular flexibility index (Phi) is 3.86. The molecule has 1 heterocycles. The van der Waals surface area contributed by atoms with Gasteiger partial charge in [-0.05, 0) is 11.6 Å². The first kappa shape index (κ1) is 12.2. The minimum Gasteiger partial charge on any atom is -0.356 e. The van der Waals surface area contributed by atoms with Crippen LogP contribution in [0, 0.1) is 0 Å². The molecule has 0 aliphatic heterocycles. The van der Waals surface area contributed by atoms with Gasteiger partial charge in [0.05, 0.1) is 0 Å². The zero-order valence-corrected chi connectivity index (χ0v) is 10.1. The van der Waals surface area contributed by atoms with E-state index in [4.69, 9.17) is 11.6 Å². The number of aromatic nitrogens is 2. The average Bonchev–Trinajstić information content (AvgIpc) is 2.77. The Bertz CT molecular complexity index is 504. The normalized spacial score (nSPS) is 10.8. The van der Waals surface area contributed by atoms with Crippen LogP contribution in [-0.4, -0.2) is 10.2 Å². The molecular formula is C10H8ClF2N3S. The summed E-state index contributed by atoms with van der Waals surface area (Å²) in [5, 5.41) is 10.6. The lowest BCUT2D eigenvalue weighted by atomic mass is 10.2. The monoisotopic (exact) mass is 275 g/mol. The molecule has 0 fully saturated rings. The minimum atomic E-state index is -2.58. The van der Waals surface area contributed by atoms with Crippen molar-refractivity contribution >= 4 is 28.1 Å². The summed E-state index contributed by atoms with van der Waals surface area (Å²) < 4.78 is 24.5. The van der Waals surface area contributed by atoms with Crippen molar-refractivity contribution in [2.75, 3.05) is 5.32 Å². The summed E-state index contributed by atoms with van der Waals surface area (Å²) in [7, 11) is 0. The van der Waals surface area contributed by atoms with Gasteiger partial charge in [-0.25, -0.2) is 8.78 Å². The van der Waals surface area contributed by atoms with E-state index in [1.165, 1.54) is 0 Å². The molecule has 0 saturated carbocycles. The highest BCUT2D eigenvalue weighted by atomic mass is 35.5. The molecule has 0 saturated heterocycles. The van der Waals surface area contributed by atoms with E-state index in [2.05, 4.69) is 15.5 Å². The Labute approximate surface area is 105 Å². The van der Waals surface area contributed by atoms with Gasteiger partial charge in [-0.15, -0.1) is 10.2 Å². The molecule has 0 bridgehead atoms. The van der Waals surface area contributed by atoms with E-state index >= 15 is 0 Å². The highest BCUT2D eigenvalue weighted by Gasteiger charge is 2.13. The van der Waals surface area contributed by atoms with Crippen molar-refractivity contribution in [3.63, 3.8) is 0 Å². The molecule has 0 aliphatic carbocycles. The molecule has 0 spiro atoms. The second-order valence-electron chi connectivity index (χ2n) is 3.19. The molecular weight excluding hydrogens is 268 g/mol. The first-order valence-corrected chi connectivity index (χ1v) is 5.95. The number of hydrogen-bond acceptors (Lipinski definition) is 4. The van der Waals surface area contributed by atoms with E-state index in [9.17, 15) is 8.78 Å². The highest BCUT2D eigenvalue weighted by molar-refractivity contribution is 7.15. The molecule has 0 atom stereocenters. The maximum absolute atomic E-state index is 12.3. The van der Waals surface area contributed by atoms with Crippen molar-refractivity contribution in [2.45, 2.75) is 13.0 Å². The summed E-state index contributed by atoms with van der Waals surface area (Å²) >= 11 is 6.79. The molecule has 2 rings (SSSR count). The summed E-state index contributed by atoms with van der Waals surface area (Å²) in [5.74, 6) is 0. The lowest BCUT2D eigenvalue weighted by molar-refractivity contribution is 0.150. The smallest absolute Gasteiger partial charge is 0.291 e. The van der Waals surface area contributed by atoms with Crippen molar-refractivity contribution in [3.8, 4) is 0 Å². The molecule has 3 nitrogen and oxygen atoms in total. The Hall–Kier alpha value is -1.27. The second kappa shape index (κ2) is 5.37. The Balaban J connectivity index is 2.00. The first-order valence-electron chi connectivity index (χ1n) is 4.75. The molecule has 1 N–H and O–H groups in total. The molecule has 7 heteroatoms. The largest absolute Gasteiger partial charge is 0.356 e. The van der Waals surface area contributed by atoms with Gasteiger partial charge in [0.1, 0.15) is 0 Å². The predicted octanol–water partition coefficient (Wildman–Crippen LogP) is 3.74. The maximum atomic E-state index is 12.3. The molecule has 0 unspecified atom stereocenters. The van der Waals surface area contributed by atoms with Crippen LogP contribution in [0.1, 0.15) is 17.0 Å². The standard InChI is InChI=1S/C10H8ClF2N3S/c11-7-4-2-1-3-6(7)5-14-10-16-15-9(17-10)8(12)13/h1-4,8H,5H2,(H,14,16). The van der Waals surface area contributed by atoms with Crippen LogP contribution in [0.5, 0.6) is 0 Å². The van der Waals surface area contributed by atoms with Crippen LogP contribution < -0.4 is 5.32 Å². The lowest BCUT2D eigenvalue weighted by Gasteiger charge is -2.03. The maximum Gasteiger partial charge on any atom is 0.291 e. The lowest BCUT2D eigenvalue weighted by Crippen LogP contribution is -1.99. The van der Waals surface area contributed by atoms with E-state index in [-0.39, 0.29) is 5.01 Å². The van der Waals surface area contributed by atoms with Crippen LogP contribution in [0.25, 0.3) is 0 Å². The minimum absolute atomic E-state index is 0.286. The molecule has 90 valence electrons. The van der Waals surface area contributed by atoms with Crippen LogP contribution in [-0.2, 0) is 6.54 Å². The van der Waals surface area contributed by atoms with Gasteiger partial charge in [-0.1, -0.05) is 41.1 Å². The predicted molar refractivity (Wildman–Crippen MR) is 63.6 cm³/mol. The van der Waals surface area contributed by atoms with E-state index in [0.29, 0.717) is 16.7 Å². The fourth-order valence-electron chi connectivity index (χ4n) is 1.21. The second-order valence-corrected chi connectivity index (χ2v) is 4.61. The van der Waals surface area contributed by atoms with E-state index in [0.717, 1.165) is 16.9 Å². The number of alkyl halides is 2.